The van der Waals surface area contributed by atoms with Crippen molar-refractivity contribution in [3.8, 4) is 0 Å². The summed E-state index contributed by atoms with van der Waals surface area (Å²) in [6.45, 7) is 0.0756. The van der Waals surface area contributed by atoms with E-state index in [-0.39, 0.29) is 22.5 Å². The minimum absolute atomic E-state index is 0.0493. The van der Waals surface area contributed by atoms with E-state index in [1.807, 2.05) is 0 Å². The van der Waals surface area contributed by atoms with Crippen LogP contribution in [0.2, 0.25) is 0 Å². The number of benzene rings is 1. The number of hydrogen-bond acceptors (Lipinski definition) is 3. The van der Waals surface area contributed by atoms with Crippen LogP contribution in [0.15, 0.2) is 39.2 Å². The highest BCUT2D eigenvalue weighted by Gasteiger charge is 2.33. The predicted octanol–water partition coefficient (Wildman–Crippen LogP) is 4.37. The zero-order valence-corrected chi connectivity index (χ0v) is 12.0. The van der Waals surface area contributed by atoms with Gasteiger partial charge in [-0.15, -0.1) is 0 Å². The van der Waals surface area contributed by atoms with Gasteiger partial charge in [0.25, 0.3) is 0 Å². The molecule has 4 nitrogen and oxygen atoms in total. The summed E-state index contributed by atoms with van der Waals surface area (Å²) < 4.78 is 43.2. The van der Waals surface area contributed by atoms with Crippen LogP contribution in [0.5, 0.6) is 0 Å². The number of carbonyl (C=O) groups is 1. The molecular weight excluding hydrogens is 355 g/mol. The predicted molar refractivity (Wildman–Crippen MR) is 72.1 cm³/mol. The van der Waals surface area contributed by atoms with Crippen LogP contribution in [0.25, 0.3) is 0 Å². The van der Waals surface area contributed by atoms with E-state index in [0.29, 0.717) is 5.76 Å². The molecule has 112 valence electrons. The Hall–Kier alpha value is -1.96. The van der Waals surface area contributed by atoms with E-state index in [0.717, 1.165) is 6.07 Å². The quantitative estimate of drug-likeness (QED) is 0.846. The van der Waals surface area contributed by atoms with Crippen molar-refractivity contribution in [1.82, 2.24) is 0 Å². The Kier molecular flexibility index (Phi) is 4.26. The van der Waals surface area contributed by atoms with Crippen LogP contribution in [-0.2, 0) is 12.7 Å². The van der Waals surface area contributed by atoms with E-state index in [9.17, 15) is 18.0 Å². The Morgan fingerprint density at radius 1 is 1.29 bits per heavy atom. The zero-order valence-electron chi connectivity index (χ0n) is 10.4. The highest BCUT2D eigenvalue weighted by molar-refractivity contribution is 9.10. The lowest BCUT2D eigenvalue weighted by molar-refractivity contribution is -0.138. The summed E-state index contributed by atoms with van der Waals surface area (Å²) in [4.78, 5) is 10.6. The maximum atomic E-state index is 12.7. The Labute approximate surface area is 125 Å². The molecule has 0 amide bonds. The van der Waals surface area contributed by atoms with Crippen molar-refractivity contribution in [3.05, 3.63) is 51.9 Å². The number of anilines is 1. The van der Waals surface area contributed by atoms with Gasteiger partial charge in [0.1, 0.15) is 5.76 Å². The Morgan fingerprint density at radius 2 is 2.00 bits per heavy atom. The molecule has 2 rings (SSSR count). The summed E-state index contributed by atoms with van der Waals surface area (Å²) in [5.41, 5.74) is -0.544. The second-order valence-corrected chi connectivity index (χ2v) is 4.97. The molecule has 0 fully saturated rings. The number of furan rings is 1. The van der Waals surface area contributed by atoms with Gasteiger partial charge in [0.15, 0.2) is 0 Å². The first-order valence-electron chi connectivity index (χ1n) is 5.70. The fourth-order valence-electron chi connectivity index (χ4n) is 1.63. The van der Waals surface area contributed by atoms with E-state index in [1.165, 1.54) is 24.3 Å². The molecule has 0 atom stereocenters. The number of carboxylic acids is 1. The van der Waals surface area contributed by atoms with Crippen LogP contribution >= 0.6 is 15.9 Å². The number of hydrogen-bond donors (Lipinski definition) is 2. The van der Waals surface area contributed by atoms with Gasteiger partial charge in [0, 0.05) is 10.2 Å². The van der Waals surface area contributed by atoms with Crippen molar-refractivity contribution in [2.45, 2.75) is 12.7 Å². The molecule has 0 aliphatic carbocycles. The molecule has 2 aromatic rings. The van der Waals surface area contributed by atoms with E-state index in [1.54, 1.807) is 0 Å². The Morgan fingerprint density at radius 3 is 2.57 bits per heavy atom. The molecule has 21 heavy (non-hydrogen) atoms. The Bertz CT molecular complexity index is 667. The van der Waals surface area contributed by atoms with Gasteiger partial charge < -0.3 is 14.8 Å². The third kappa shape index (κ3) is 3.78. The first-order valence-corrected chi connectivity index (χ1v) is 6.49. The maximum absolute atomic E-state index is 12.7. The first kappa shape index (κ1) is 15.4. The summed E-state index contributed by atoms with van der Waals surface area (Å²) in [5.74, 6) is -1.12. The molecule has 1 aromatic carbocycles. The van der Waals surface area contributed by atoms with Crippen LogP contribution in [-0.4, -0.2) is 11.1 Å². The van der Waals surface area contributed by atoms with Crippen molar-refractivity contribution in [2.75, 3.05) is 5.32 Å². The summed E-state index contributed by atoms with van der Waals surface area (Å²) in [6.07, 6.45) is -4.46. The summed E-state index contributed by atoms with van der Waals surface area (Å²) in [5, 5.41) is 11.4. The van der Waals surface area contributed by atoms with Crippen molar-refractivity contribution >= 4 is 27.6 Å². The lowest BCUT2D eigenvalue weighted by Crippen LogP contribution is -2.07. The summed E-state index contributed by atoms with van der Waals surface area (Å²) >= 11 is 2.85. The second-order valence-electron chi connectivity index (χ2n) is 4.12. The van der Waals surface area contributed by atoms with Gasteiger partial charge in [-0.05, 0) is 30.3 Å². The lowest BCUT2D eigenvalue weighted by Gasteiger charge is -2.12. The maximum Gasteiger partial charge on any atom is 0.417 e. The average Bonchev–Trinajstić information content (AvgIpc) is 2.85. The third-order valence-electron chi connectivity index (χ3n) is 2.61. The number of carboxylic acid groups (broad SMARTS) is 1. The number of alkyl halides is 3. The molecule has 2 N–H and O–H groups in total. The van der Waals surface area contributed by atoms with Gasteiger partial charge >= 0.3 is 12.1 Å². The van der Waals surface area contributed by atoms with E-state index >= 15 is 0 Å². The lowest BCUT2D eigenvalue weighted by atomic mass is 10.2. The molecule has 0 aliphatic heterocycles. The second kappa shape index (κ2) is 5.80. The fraction of sp³-hybridized carbons (Fsp3) is 0.154. The molecule has 1 heterocycles. The van der Waals surface area contributed by atoms with Gasteiger partial charge in [-0.1, -0.05) is 15.9 Å². The highest BCUT2D eigenvalue weighted by Crippen LogP contribution is 2.36. The topological polar surface area (TPSA) is 62.5 Å². The number of halogens is 4. The van der Waals surface area contributed by atoms with Crippen molar-refractivity contribution in [1.29, 1.82) is 0 Å². The number of aromatic carboxylic acids is 1. The number of rotatable bonds is 4. The molecule has 0 saturated carbocycles. The molecule has 8 heteroatoms. The molecule has 0 spiro atoms. The van der Waals surface area contributed by atoms with E-state index < -0.39 is 17.7 Å². The van der Waals surface area contributed by atoms with Crippen LogP contribution in [0.1, 0.15) is 21.9 Å². The van der Waals surface area contributed by atoms with Gasteiger partial charge in [-0.25, -0.2) is 4.79 Å². The molecule has 0 unspecified atom stereocenters. The summed E-state index contributed by atoms with van der Waals surface area (Å²) in [7, 11) is 0. The molecule has 0 saturated heterocycles. The standard InChI is InChI=1S/C13H9BrF3NO3/c14-10-3-1-7(5-9(10)13(15,16)17)18-6-8-2-4-11(21-8)12(19)20/h1-5,18H,6H2,(H,19,20). The van der Waals surface area contributed by atoms with Gasteiger partial charge in [-0.3, -0.25) is 0 Å². The minimum Gasteiger partial charge on any atom is -0.475 e. The van der Waals surface area contributed by atoms with Crippen LogP contribution in [0, 0.1) is 0 Å². The first-order chi connectivity index (χ1) is 9.77. The molecule has 1 aromatic heterocycles. The smallest absolute Gasteiger partial charge is 0.417 e. The van der Waals surface area contributed by atoms with Crippen molar-refractivity contribution in [3.63, 3.8) is 0 Å². The number of nitrogens with one attached hydrogen (secondary N) is 1. The average molecular weight is 364 g/mol. The van der Waals surface area contributed by atoms with Crippen LogP contribution in [0.3, 0.4) is 0 Å². The van der Waals surface area contributed by atoms with Gasteiger partial charge in [0.05, 0.1) is 12.1 Å². The molecular formula is C13H9BrF3NO3. The molecule has 0 bridgehead atoms. The highest BCUT2D eigenvalue weighted by atomic mass is 79.9. The van der Waals surface area contributed by atoms with Crippen LogP contribution in [0.4, 0.5) is 18.9 Å². The minimum atomic E-state index is -4.46. The SMILES string of the molecule is O=C(O)c1ccc(CNc2ccc(Br)c(C(F)(F)F)c2)o1. The molecule has 0 aliphatic rings. The largest absolute Gasteiger partial charge is 0.475 e. The zero-order chi connectivity index (χ0) is 15.6. The van der Waals surface area contributed by atoms with Crippen molar-refractivity contribution < 1.29 is 27.5 Å². The van der Waals surface area contributed by atoms with E-state index in [2.05, 4.69) is 21.2 Å². The van der Waals surface area contributed by atoms with Gasteiger partial charge in [0.2, 0.25) is 5.76 Å². The fourth-order valence-corrected chi connectivity index (χ4v) is 2.10. The normalized spacial score (nSPS) is 11.4. The Balaban J connectivity index is 2.11. The van der Waals surface area contributed by atoms with E-state index in [4.69, 9.17) is 9.52 Å². The van der Waals surface area contributed by atoms with Crippen molar-refractivity contribution in [2.24, 2.45) is 0 Å². The molecule has 0 radical (unpaired) electrons. The van der Waals surface area contributed by atoms with Gasteiger partial charge in [-0.2, -0.15) is 13.2 Å². The monoisotopic (exact) mass is 363 g/mol. The third-order valence-corrected chi connectivity index (χ3v) is 3.30. The summed E-state index contributed by atoms with van der Waals surface area (Å²) in [6, 6.07) is 6.45. The van der Waals surface area contributed by atoms with Crippen LogP contribution < -0.4 is 5.32 Å².